The van der Waals surface area contributed by atoms with Crippen molar-refractivity contribution in [1.29, 1.82) is 0 Å². The number of halogens is 3. The van der Waals surface area contributed by atoms with Gasteiger partial charge in [0.2, 0.25) is 0 Å². The lowest BCUT2D eigenvalue weighted by Crippen LogP contribution is -2.09. The summed E-state index contributed by atoms with van der Waals surface area (Å²) >= 11 is 0. The molecule has 3 N–H and O–H groups in total. The van der Waals surface area contributed by atoms with Crippen molar-refractivity contribution in [3.8, 4) is 5.75 Å². The molecule has 0 aromatic heterocycles. The van der Waals surface area contributed by atoms with Crippen LogP contribution in [0.2, 0.25) is 0 Å². The fraction of sp³-hybridized carbons (Fsp3) is 0.500. The first-order valence-electron chi connectivity index (χ1n) is 5.68. The first-order chi connectivity index (χ1) is 8.40. The van der Waals surface area contributed by atoms with E-state index in [1.165, 1.54) is 0 Å². The first-order valence-corrected chi connectivity index (χ1v) is 5.68. The second kappa shape index (κ2) is 6.37. The summed E-state index contributed by atoms with van der Waals surface area (Å²) in [5, 5.41) is 2.97. The molecule has 1 aromatic carbocycles. The lowest BCUT2D eigenvalue weighted by Gasteiger charge is -2.13. The third-order valence-electron chi connectivity index (χ3n) is 2.36. The molecule has 0 aliphatic rings. The van der Waals surface area contributed by atoms with E-state index in [1.54, 1.807) is 0 Å². The molecule has 0 spiro atoms. The van der Waals surface area contributed by atoms with Gasteiger partial charge >= 0.3 is 6.61 Å². The first kappa shape index (κ1) is 14.5. The number of nitrogens with one attached hydrogen (secondary N) is 1. The predicted molar refractivity (Wildman–Crippen MR) is 65.4 cm³/mol. The SMILES string of the molecule is CC(C)CCNc1cc(OC(F)F)c(F)cc1N. The summed E-state index contributed by atoms with van der Waals surface area (Å²) in [5.41, 5.74) is 6.15. The van der Waals surface area contributed by atoms with Crippen molar-refractivity contribution in [1.82, 2.24) is 0 Å². The molecule has 0 bridgehead atoms. The van der Waals surface area contributed by atoms with Crippen LogP contribution in [0.5, 0.6) is 5.75 Å². The summed E-state index contributed by atoms with van der Waals surface area (Å²) in [6.07, 6.45) is 0.891. The van der Waals surface area contributed by atoms with Crippen molar-refractivity contribution >= 4 is 11.4 Å². The van der Waals surface area contributed by atoms with Crippen LogP contribution in [0.15, 0.2) is 12.1 Å². The Balaban J connectivity index is 2.77. The summed E-state index contributed by atoms with van der Waals surface area (Å²) < 4.78 is 41.4. The van der Waals surface area contributed by atoms with Crippen LogP contribution >= 0.6 is 0 Å². The van der Waals surface area contributed by atoms with Gasteiger partial charge in [-0.3, -0.25) is 0 Å². The highest BCUT2D eigenvalue weighted by Crippen LogP contribution is 2.29. The van der Waals surface area contributed by atoms with Gasteiger partial charge in [0.1, 0.15) is 0 Å². The van der Waals surface area contributed by atoms with Crippen LogP contribution < -0.4 is 15.8 Å². The maximum atomic E-state index is 13.3. The summed E-state index contributed by atoms with van der Waals surface area (Å²) in [6, 6.07) is 2.12. The fourth-order valence-corrected chi connectivity index (χ4v) is 1.40. The van der Waals surface area contributed by atoms with E-state index in [0.29, 0.717) is 18.2 Å². The van der Waals surface area contributed by atoms with Crippen LogP contribution in [-0.2, 0) is 0 Å². The molecular formula is C12H17F3N2O. The average Bonchev–Trinajstić information content (AvgIpc) is 2.23. The Morgan fingerprint density at radius 3 is 2.56 bits per heavy atom. The highest BCUT2D eigenvalue weighted by atomic mass is 19.3. The minimum absolute atomic E-state index is 0.165. The average molecular weight is 262 g/mol. The third-order valence-corrected chi connectivity index (χ3v) is 2.36. The zero-order valence-corrected chi connectivity index (χ0v) is 10.3. The van der Waals surface area contributed by atoms with Crippen molar-refractivity contribution < 1.29 is 17.9 Å². The zero-order chi connectivity index (χ0) is 13.7. The summed E-state index contributed by atoms with van der Waals surface area (Å²) in [4.78, 5) is 0. The minimum Gasteiger partial charge on any atom is -0.432 e. The molecule has 0 fully saturated rings. The van der Waals surface area contributed by atoms with Gasteiger partial charge in [-0.15, -0.1) is 0 Å². The molecular weight excluding hydrogens is 245 g/mol. The van der Waals surface area contributed by atoms with Crippen LogP contribution in [0.25, 0.3) is 0 Å². The van der Waals surface area contributed by atoms with E-state index in [1.807, 2.05) is 0 Å². The van der Waals surface area contributed by atoms with E-state index in [0.717, 1.165) is 18.6 Å². The molecule has 0 heterocycles. The van der Waals surface area contributed by atoms with Crippen molar-refractivity contribution in [2.75, 3.05) is 17.6 Å². The number of hydrogen-bond donors (Lipinski definition) is 2. The zero-order valence-electron chi connectivity index (χ0n) is 10.3. The van der Waals surface area contributed by atoms with Crippen molar-refractivity contribution in [2.24, 2.45) is 5.92 Å². The number of nitrogen functional groups attached to an aromatic ring is 1. The van der Waals surface area contributed by atoms with Crippen molar-refractivity contribution in [3.05, 3.63) is 17.9 Å². The standard InChI is InChI=1S/C12H17F3N2O/c1-7(2)3-4-17-10-6-11(18-12(14)15)8(13)5-9(10)16/h5-7,12,17H,3-4,16H2,1-2H3. The van der Waals surface area contributed by atoms with E-state index in [9.17, 15) is 13.2 Å². The summed E-state index contributed by atoms with van der Waals surface area (Å²) in [6.45, 7) is 1.68. The number of hydrogen-bond acceptors (Lipinski definition) is 3. The van der Waals surface area contributed by atoms with E-state index < -0.39 is 18.2 Å². The fourth-order valence-electron chi connectivity index (χ4n) is 1.40. The molecule has 0 saturated heterocycles. The van der Waals surface area contributed by atoms with Gasteiger partial charge in [0, 0.05) is 18.7 Å². The van der Waals surface area contributed by atoms with Gasteiger partial charge in [-0.25, -0.2) is 4.39 Å². The van der Waals surface area contributed by atoms with Gasteiger partial charge in [0.05, 0.1) is 11.4 Å². The number of rotatable bonds is 6. The van der Waals surface area contributed by atoms with Gasteiger partial charge < -0.3 is 15.8 Å². The molecule has 0 amide bonds. The second-order valence-electron chi connectivity index (χ2n) is 4.36. The van der Waals surface area contributed by atoms with E-state index in [2.05, 4.69) is 23.9 Å². The quantitative estimate of drug-likeness (QED) is 0.772. The van der Waals surface area contributed by atoms with Crippen LogP contribution in [0.1, 0.15) is 20.3 Å². The van der Waals surface area contributed by atoms with Crippen LogP contribution in [0.3, 0.4) is 0 Å². The molecule has 0 atom stereocenters. The maximum Gasteiger partial charge on any atom is 0.387 e. The molecule has 0 unspecified atom stereocenters. The molecule has 3 nitrogen and oxygen atoms in total. The molecule has 1 rings (SSSR count). The number of alkyl halides is 2. The topological polar surface area (TPSA) is 47.3 Å². The molecule has 102 valence electrons. The second-order valence-corrected chi connectivity index (χ2v) is 4.36. The Bertz CT molecular complexity index is 397. The van der Waals surface area contributed by atoms with Crippen LogP contribution in [-0.4, -0.2) is 13.2 Å². The lowest BCUT2D eigenvalue weighted by atomic mass is 10.1. The van der Waals surface area contributed by atoms with Crippen molar-refractivity contribution in [2.45, 2.75) is 26.9 Å². The summed E-state index contributed by atoms with van der Waals surface area (Å²) in [7, 11) is 0. The normalized spacial score (nSPS) is 11.1. The number of nitrogens with two attached hydrogens (primary N) is 1. The minimum atomic E-state index is -3.06. The Hall–Kier alpha value is -1.59. The van der Waals surface area contributed by atoms with Crippen LogP contribution in [0, 0.1) is 11.7 Å². The van der Waals surface area contributed by atoms with E-state index >= 15 is 0 Å². The smallest absolute Gasteiger partial charge is 0.387 e. The Morgan fingerprint density at radius 2 is 2.00 bits per heavy atom. The van der Waals surface area contributed by atoms with Crippen LogP contribution in [0.4, 0.5) is 24.5 Å². The summed E-state index contributed by atoms with van der Waals surface area (Å²) in [5.74, 6) is -0.913. The number of anilines is 2. The number of ether oxygens (including phenoxy) is 1. The maximum absolute atomic E-state index is 13.3. The monoisotopic (exact) mass is 262 g/mol. The van der Waals surface area contributed by atoms with Gasteiger partial charge in [-0.1, -0.05) is 13.8 Å². The van der Waals surface area contributed by atoms with E-state index in [4.69, 9.17) is 5.73 Å². The molecule has 18 heavy (non-hydrogen) atoms. The Kier molecular flexibility index (Phi) is 5.12. The highest BCUT2D eigenvalue weighted by Gasteiger charge is 2.13. The van der Waals surface area contributed by atoms with Gasteiger partial charge in [0.15, 0.2) is 11.6 Å². The molecule has 0 aliphatic heterocycles. The Labute approximate surface area is 104 Å². The molecule has 0 radical (unpaired) electrons. The molecule has 6 heteroatoms. The lowest BCUT2D eigenvalue weighted by molar-refractivity contribution is -0.0521. The number of benzene rings is 1. The van der Waals surface area contributed by atoms with E-state index in [-0.39, 0.29) is 5.69 Å². The third kappa shape index (κ3) is 4.35. The largest absolute Gasteiger partial charge is 0.432 e. The molecule has 1 aromatic rings. The van der Waals surface area contributed by atoms with Gasteiger partial charge in [-0.05, 0) is 12.3 Å². The highest BCUT2D eigenvalue weighted by molar-refractivity contribution is 5.68. The molecule has 0 saturated carbocycles. The molecule has 0 aliphatic carbocycles. The Morgan fingerprint density at radius 1 is 1.33 bits per heavy atom. The van der Waals surface area contributed by atoms with Gasteiger partial charge in [0.25, 0.3) is 0 Å². The van der Waals surface area contributed by atoms with Crippen molar-refractivity contribution in [3.63, 3.8) is 0 Å². The van der Waals surface area contributed by atoms with Gasteiger partial charge in [-0.2, -0.15) is 8.78 Å². The predicted octanol–water partition coefficient (Wildman–Crippen LogP) is 3.47.